The van der Waals surface area contributed by atoms with Crippen molar-refractivity contribution in [1.29, 1.82) is 0 Å². The lowest BCUT2D eigenvalue weighted by molar-refractivity contribution is 0.00736. The number of nitrogens with zero attached hydrogens (tertiary/aromatic N) is 1. The largest absolute Gasteiger partial charge is 0.411 e. The van der Waals surface area contributed by atoms with Gasteiger partial charge in [-0.05, 0) is 12.8 Å². The van der Waals surface area contributed by atoms with E-state index in [2.05, 4.69) is 5.16 Å². The van der Waals surface area contributed by atoms with Gasteiger partial charge in [0, 0.05) is 12.3 Å². The number of hydrogen-bond acceptors (Lipinski definition) is 4. The standard InChI is InChI=1S/C8H13NO3/c10-5-1-2-6-7(9-11)4-12-8(6)3-5/h5-6,8,10-11H,1-4H2/b9-7-/t5-,6-,8-/m1/s1. The van der Waals surface area contributed by atoms with E-state index in [0.717, 1.165) is 18.6 Å². The van der Waals surface area contributed by atoms with Gasteiger partial charge in [-0.1, -0.05) is 5.16 Å². The maximum absolute atomic E-state index is 9.33. The van der Waals surface area contributed by atoms with Crippen LogP contribution in [0.2, 0.25) is 0 Å². The molecule has 12 heavy (non-hydrogen) atoms. The molecule has 0 aromatic rings. The molecule has 1 aliphatic heterocycles. The van der Waals surface area contributed by atoms with Gasteiger partial charge in [0.1, 0.15) is 0 Å². The molecule has 0 amide bonds. The molecule has 68 valence electrons. The van der Waals surface area contributed by atoms with E-state index in [-0.39, 0.29) is 18.1 Å². The SMILES string of the molecule is O/N=C1/CO[C@@H]2C[C@H](O)CC[C@H]12. The summed E-state index contributed by atoms with van der Waals surface area (Å²) >= 11 is 0. The van der Waals surface area contributed by atoms with Crippen LogP contribution in [0, 0.1) is 5.92 Å². The first-order chi connectivity index (χ1) is 5.81. The fourth-order valence-corrected chi connectivity index (χ4v) is 2.08. The van der Waals surface area contributed by atoms with E-state index in [1.54, 1.807) is 0 Å². The average Bonchev–Trinajstić information content (AvgIpc) is 2.46. The zero-order valence-electron chi connectivity index (χ0n) is 6.81. The lowest BCUT2D eigenvalue weighted by atomic mass is 9.84. The Balaban J connectivity index is 2.07. The van der Waals surface area contributed by atoms with Gasteiger partial charge in [0.25, 0.3) is 0 Å². The molecule has 2 fully saturated rings. The molecule has 0 aromatic heterocycles. The van der Waals surface area contributed by atoms with Crippen LogP contribution >= 0.6 is 0 Å². The molecule has 2 aliphatic rings. The summed E-state index contributed by atoms with van der Waals surface area (Å²) in [6, 6.07) is 0. The molecule has 1 saturated heterocycles. The van der Waals surface area contributed by atoms with E-state index >= 15 is 0 Å². The van der Waals surface area contributed by atoms with Gasteiger partial charge in [-0.15, -0.1) is 0 Å². The molecule has 2 N–H and O–H groups in total. The first kappa shape index (κ1) is 8.01. The molecule has 0 spiro atoms. The van der Waals surface area contributed by atoms with Crippen molar-refractivity contribution in [2.75, 3.05) is 6.61 Å². The predicted molar refractivity (Wildman–Crippen MR) is 42.3 cm³/mol. The highest BCUT2D eigenvalue weighted by molar-refractivity contribution is 5.89. The van der Waals surface area contributed by atoms with Crippen LogP contribution in [0.15, 0.2) is 5.16 Å². The normalized spacial score (nSPS) is 44.8. The molecule has 3 atom stereocenters. The van der Waals surface area contributed by atoms with Gasteiger partial charge in [-0.25, -0.2) is 0 Å². The minimum Gasteiger partial charge on any atom is -0.411 e. The van der Waals surface area contributed by atoms with Crippen molar-refractivity contribution in [1.82, 2.24) is 0 Å². The van der Waals surface area contributed by atoms with Gasteiger partial charge in [0.15, 0.2) is 0 Å². The van der Waals surface area contributed by atoms with Crippen LogP contribution in [0.5, 0.6) is 0 Å². The molecule has 0 bridgehead atoms. The molecule has 0 aromatic carbocycles. The zero-order valence-corrected chi connectivity index (χ0v) is 6.81. The topological polar surface area (TPSA) is 62.1 Å². The van der Waals surface area contributed by atoms with Crippen LogP contribution in [0.4, 0.5) is 0 Å². The van der Waals surface area contributed by atoms with Gasteiger partial charge in [-0.3, -0.25) is 0 Å². The number of aliphatic hydroxyl groups excluding tert-OH is 1. The summed E-state index contributed by atoms with van der Waals surface area (Å²) in [5, 5.41) is 21.2. The monoisotopic (exact) mass is 171 g/mol. The molecule has 4 heteroatoms. The Morgan fingerprint density at radius 2 is 2.25 bits per heavy atom. The van der Waals surface area contributed by atoms with E-state index in [1.807, 2.05) is 0 Å². The molecular weight excluding hydrogens is 158 g/mol. The second-order valence-corrected chi connectivity index (χ2v) is 3.51. The van der Waals surface area contributed by atoms with Gasteiger partial charge in [0.2, 0.25) is 0 Å². The van der Waals surface area contributed by atoms with Crippen molar-refractivity contribution in [3.05, 3.63) is 0 Å². The highest BCUT2D eigenvalue weighted by atomic mass is 16.5. The van der Waals surface area contributed by atoms with E-state index in [4.69, 9.17) is 9.94 Å². The molecule has 0 unspecified atom stereocenters. The van der Waals surface area contributed by atoms with Crippen LogP contribution in [0.1, 0.15) is 19.3 Å². The van der Waals surface area contributed by atoms with Crippen molar-refractivity contribution in [3.8, 4) is 0 Å². The Morgan fingerprint density at radius 1 is 1.42 bits per heavy atom. The second kappa shape index (κ2) is 3.03. The molecule has 4 nitrogen and oxygen atoms in total. The smallest absolute Gasteiger partial charge is 0.0889 e. The summed E-state index contributed by atoms with van der Waals surface area (Å²) in [5.41, 5.74) is 0.743. The minimum absolute atomic E-state index is 0.0830. The summed E-state index contributed by atoms with van der Waals surface area (Å²) < 4.78 is 5.38. The Morgan fingerprint density at radius 3 is 3.00 bits per heavy atom. The van der Waals surface area contributed by atoms with Crippen molar-refractivity contribution in [2.24, 2.45) is 11.1 Å². The van der Waals surface area contributed by atoms with E-state index in [0.29, 0.717) is 13.0 Å². The van der Waals surface area contributed by atoms with Crippen molar-refractivity contribution in [3.63, 3.8) is 0 Å². The number of rotatable bonds is 0. The third kappa shape index (κ3) is 1.21. The summed E-state index contributed by atoms with van der Waals surface area (Å²) in [7, 11) is 0. The van der Waals surface area contributed by atoms with Crippen LogP contribution < -0.4 is 0 Å². The zero-order chi connectivity index (χ0) is 8.55. The first-order valence-corrected chi connectivity index (χ1v) is 4.31. The highest BCUT2D eigenvalue weighted by Gasteiger charge is 2.38. The van der Waals surface area contributed by atoms with Gasteiger partial charge >= 0.3 is 0 Å². The van der Waals surface area contributed by atoms with E-state index in [1.165, 1.54) is 0 Å². The number of hydrogen-bond donors (Lipinski definition) is 2. The predicted octanol–water partition coefficient (Wildman–Crippen LogP) is 0.376. The van der Waals surface area contributed by atoms with Crippen LogP contribution in [0.25, 0.3) is 0 Å². The molecule has 1 heterocycles. The quantitative estimate of drug-likeness (QED) is 0.409. The molecule has 1 aliphatic carbocycles. The lowest BCUT2D eigenvalue weighted by Crippen LogP contribution is -2.31. The van der Waals surface area contributed by atoms with E-state index in [9.17, 15) is 5.11 Å². The van der Waals surface area contributed by atoms with E-state index < -0.39 is 0 Å². The van der Waals surface area contributed by atoms with Gasteiger partial charge in [-0.2, -0.15) is 0 Å². The van der Waals surface area contributed by atoms with Gasteiger partial charge < -0.3 is 15.1 Å². The molecule has 0 radical (unpaired) electrons. The maximum Gasteiger partial charge on any atom is 0.0889 e. The maximum atomic E-state index is 9.33. The molecular formula is C8H13NO3. The average molecular weight is 171 g/mol. The third-order valence-electron chi connectivity index (χ3n) is 2.77. The fraction of sp³-hybridized carbons (Fsp3) is 0.875. The Labute approximate surface area is 70.8 Å². The number of ether oxygens (including phenoxy) is 1. The lowest BCUT2D eigenvalue weighted by Gasteiger charge is -2.26. The third-order valence-corrected chi connectivity index (χ3v) is 2.77. The summed E-state index contributed by atoms with van der Waals surface area (Å²) in [5.74, 6) is 0.249. The van der Waals surface area contributed by atoms with Crippen LogP contribution in [-0.4, -0.2) is 34.8 Å². The first-order valence-electron chi connectivity index (χ1n) is 4.31. The second-order valence-electron chi connectivity index (χ2n) is 3.51. The minimum atomic E-state index is -0.232. The summed E-state index contributed by atoms with van der Waals surface area (Å²) in [4.78, 5) is 0. The van der Waals surface area contributed by atoms with Gasteiger partial charge in [0.05, 0.1) is 24.5 Å². The van der Waals surface area contributed by atoms with Crippen LogP contribution in [0.3, 0.4) is 0 Å². The summed E-state index contributed by atoms with van der Waals surface area (Å²) in [6.45, 7) is 0.429. The fourth-order valence-electron chi connectivity index (χ4n) is 2.08. The van der Waals surface area contributed by atoms with Crippen molar-refractivity contribution in [2.45, 2.75) is 31.5 Å². The molecule has 2 rings (SSSR count). The van der Waals surface area contributed by atoms with Crippen molar-refractivity contribution < 1.29 is 15.1 Å². The number of aliphatic hydroxyl groups is 1. The Bertz CT molecular complexity index is 204. The molecule has 1 saturated carbocycles. The summed E-state index contributed by atoms with van der Waals surface area (Å²) in [6.07, 6.45) is 2.21. The van der Waals surface area contributed by atoms with Crippen molar-refractivity contribution >= 4 is 5.71 Å². The number of oxime groups is 1. The number of fused-ring (bicyclic) bond motifs is 1. The Hall–Kier alpha value is -0.610. The highest BCUT2D eigenvalue weighted by Crippen LogP contribution is 2.32. The Kier molecular flexibility index (Phi) is 2.02. The van der Waals surface area contributed by atoms with Crippen LogP contribution in [-0.2, 0) is 4.74 Å².